The van der Waals surface area contributed by atoms with Gasteiger partial charge in [-0.15, -0.1) is 0 Å². The van der Waals surface area contributed by atoms with Crippen molar-refractivity contribution >= 4 is 23.9 Å². The molecule has 3 amide bonds. The summed E-state index contributed by atoms with van der Waals surface area (Å²) < 4.78 is 22.3. The van der Waals surface area contributed by atoms with E-state index >= 15 is 0 Å². The van der Waals surface area contributed by atoms with Crippen molar-refractivity contribution in [1.29, 1.82) is 0 Å². The number of carbonyl (C=O) groups is 4. The number of ether oxygens (including phenoxy) is 4. The average molecular weight is 606 g/mol. The highest BCUT2D eigenvalue weighted by Crippen LogP contribution is 2.12. The van der Waals surface area contributed by atoms with Crippen molar-refractivity contribution in [3.05, 3.63) is 108 Å². The van der Waals surface area contributed by atoms with Gasteiger partial charge in [-0.3, -0.25) is 9.59 Å². The predicted octanol–water partition coefficient (Wildman–Crippen LogP) is 3.40. The van der Waals surface area contributed by atoms with Gasteiger partial charge in [-0.1, -0.05) is 91.0 Å². The Hall–Kier alpha value is -4.74. The molecule has 0 radical (unpaired) electrons. The lowest BCUT2D eigenvalue weighted by Crippen LogP contribution is -2.61. The fourth-order valence-corrected chi connectivity index (χ4v) is 3.94. The van der Waals surface area contributed by atoms with Gasteiger partial charge in [0.1, 0.15) is 18.2 Å². The van der Waals surface area contributed by atoms with Crippen LogP contribution < -0.4 is 16.4 Å². The molecular formula is C33H39N3O8. The molecule has 234 valence electrons. The smallest absolute Gasteiger partial charge is 0.408 e. The van der Waals surface area contributed by atoms with Crippen LogP contribution in [0, 0.1) is 0 Å². The van der Waals surface area contributed by atoms with Crippen molar-refractivity contribution in [2.24, 2.45) is 5.73 Å². The fraction of sp³-hybridized carbons (Fsp3) is 0.333. The van der Waals surface area contributed by atoms with Crippen molar-refractivity contribution < 1.29 is 38.1 Å². The lowest BCUT2D eigenvalue weighted by molar-refractivity contribution is -0.152. The molecule has 0 spiro atoms. The summed E-state index contributed by atoms with van der Waals surface area (Å²) >= 11 is 0. The summed E-state index contributed by atoms with van der Waals surface area (Å²) in [6.07, 6.45) is -2.61. The monoisotopic (exact) mass is 605 g/mol. The summed E-state index contributed by atoms with van der Waals surface area (Å²) in [6, 6.07) is 24.2. The van der Waals surface area contributed by atoms with Crippen LogP contribution in [0.3, 0.4) is 0 Å². The molecule has 44 heavy (non-hydrogen) atoms. The molecule has 4 N–H and O–H groups in total. The molecule has 11 heteroatoms. The van der Waals surface area contributed by atoms with Gasteiger partial charge in [-0.2, -0.15) is 0 Å². The molecule has 3 atom stereocenters. The Kier molecular flexibility index (Phi) is 12.9. The van der Waals surface area contributed by atoms with Crippen LogP contribution in [0.5, 0.6) is 0 Å². The maximum Gasteiger partial charge on any atom is 0.408 e. The fourth-order valence-electron chi connectivity index (χ4n) is 3.94. The second kappa shape index (κ2) is 16.8. The van der Waals surface area contributed by atoms with E-state index in [0.29, 0.717) is 5.56 Å². The highest BCUT2D eigenvalue weighted by Gasteiger charge is 2.38. The lowest BCUT2D eigenvalue weighted by atomic mass is 10.1. The van der Waals surface area contributed by atoms with E-state index in [1.54, 1.807) is 69.3 Å². The second-order valence-electron chi connectivity index (χ2n) is 10.9. The van der Waals surface area contributed by atoms with Gasteiger partial charge in [-0.05, 0) is 37.5 Å². The molecule has 0 bridgehead atoms. The average Bonchev–Trinajstić information content (AvgIpc) is 2.99. The molecule has 0 fully saturated rings. The molecule has 3 rings (SSSR count). The Bertz CT molecular complexity index is 1350. The first-order chi connectivity index (χ1) is 21.0. The SMILES string of the molecule is CC(C)(C)OC(=O)N[C@H](C(=O)N[C@@H](COCc1ccccc1)C(=O)OCc1ccccc1)[C@H](OCc1ccccc1)C(N)=O. The molecule has 0 aromatic heterocycles. The molecule has 3 aromatic rings. The highest BCUT2D eigenvalue weighted by atomic mass is 16.6. The first-order valence-electron chi connectivity index (χ1n) is 14.1. The number of nitrogens with two attached hydrogens (primary N) is 1. The number of primary amides is 1. The van der Waals surface area contributed by atoms with Crippen molar-refractivity contribution in [1.82, 2.24) is 10.6 Å². The number of carbonyl (C=O) groups excluding carboxylic acids is 4. The zero-order valence-electron chi connectivity index (χ0n) is 25.1. The van der Waals surface area contributed by atoms with Crippen LogP contribution >= 0.6 is 0 Å². The largest absolute Gasteiger partial charge is 0.459 e. The van der Waals surface area contributed by atoms with E-state index < -0.39 is 47.7 Å². The van der Waals surface area contributed by atoms with Crippen molar-refractivity contribution in [3.63, 3.8) is 0 Å². The number of hydrogen-bond donors (Lipinski definition) is 3. The number of rotatable bonds is 15. The van der Waals surface area contributed by atoms with Gasteiger partial charge in [0.05, 0.1) is 19.8 Å². The highest BCUT2D eigenvalue weighted by molar-refractivity contribution is 5.95. The van der Waals surface area contributed by atoms with Crippen LogP contribution in [0.15, 0.2) is 91.0 Å². The summed E-state index contributed by atoms with van der Waals surface area (Å²) in [6.45, 7) is 4.68. The van der Waals surface area contributed by atoms with Crippen LogP contribution in [0.25, 0.3) is 0 Å². The Morgan fingerprint density at radius 2 is 1.23 bits per heavy atom. The third-order valence-electron chi connectivity index (χ3n) is 6.03. The van der Waals surface area contributed by atoms with E-state index in [1.807, 2.05) is 42.5 Å². The minimum Gasteiger partial charge on any atom is -0.459 e. The summed E-state index contributed by atoms with van der Waals surface area (Å²) in [7, 11) is 0. The Morgan fingerprint density at radius 1 is 0.727 bits per heavy atom. The zero-order valence-corrected chi connectivity index (χ0v) is 25.1. The van der Waals surface area contributed by atoms with Crippen molar-refractivity contribution in [2.45, 2.75) is 64.4 Å². The minimum atomic E-state index is -1.66. The van der Waals surface area contributed by atoms with E-state index in [1.165, 1.54) is 0 Å². The molecule has 0 heterocycles. The summed E-state index contributed by atoms with van der Waals surface area (Å²) in [4.78, 5) is 52.2. The van der Waals surface area contributed by atoms with Gasteiger partial charge in [0.25, 0.3) is 0 Å². The second-order valence-corrected chi connectivity index (χ2v) is 10.9. The van der Waals surface area contributed by atoms with Gasteiger partial charge in [0.15, 0.2) is 12.1 Å². The molecular weight excluding hydrogens is 566 g/mol. The number of nitrogens with one attached hydrogen (secondary N) is 2. The van der Waals surface area contributed by atoms with E-state index in [2.05, 4.69) is 10.6 Å². The van der Waals surface area contributed by atoms with Crippen LogP contribution in [0.1, 0.15) is 37.5 Å². The van der Waals surface area contributed by atoms with E-state index in [-0.39, 0.29) is 26.4 Å². The van der Waals surface area contributed by atoms with E-state index in [4.69, 9.17) is 24.7 Å². The van der Waals surface area contributed by atoms with Gasteiger partial charge in [-0.25, -0.2) is 9.59 Å². The predicted molar refractivity (Wildman–Crippen MR) is 162 cm³/mol. The van der Waals surface area contributed by atoms with Crippen LogP contribution in [0.2, 0.25) is 0 Å². The minimum absolute atomic E-state index is 0.0472. The molecule has 3 aromatic carbocycles. The summed E-state index contributed by atoms with van der Waals surface area (Å²) in [5, 5.41) is 4.93. The van der Waals surface area contributed by atoms with Gasteiger partial charge >= 0.3 is 12.1 Å². The van der Waals surface area contributed by atoms with Crippen molar-refractivity contribution in [2.75, 3.05) is 6.61 Å². The molecule has 0 saturated carbocycles. The Morgan fingerprint density at radius 3 is 1.73 bits per heavy atom. The van der Waals surface area contributed by atoms with Gasteiger partial charge < -0.3 is 35.3 Å². The third-order valence-corrected chi connectivity index (χ3v) is 6.03. The maximum absolute atomic E-state index is 13.7. The first kappa shape index (κ1) is 33.8. The Labute approximate surface area is 257 Å². The summed E-state index contributed by atoms with van der Waals surface area (Å²) in [5.41, 5.74) is 7.02. The maximum atomic E-state index is 13.7. The molecule has 11 nitrogen and oxygen atoms in total. The third kappa shape index (κ3) is 11.9. The normalized spacial score (nSPS) is 13.2. The molecule has 0 aliphatic rings. The van der Waals surface area contributed by atoms with Crippen molar-refractivity contribution in [3.8, 4) is 0 Å². The molecule has 0 aliphatic carbocycles. The summed E-state index contributed by atoms with van der Waals surface area (Å²) in [5.74, 6) is -2.73. The number of esters is 1. The number of hydrogen-bond acceptors (Lipinski definition) is 8. The van der Waals surface area contributed by atoms with Crippen LogP contribution in [-0.2, 0) is 53.2 Å². The Balaban J connectivity index is 1.81. The zero-order chi connectivity index (χ0) is 32.0. The topological polar surface area (TPSA) is 155 Å². The standard InChI is InChI=1S/C33H39N3O8/c1-33(2,3)44-32(40)36-27(28(29(34)37)42-20-24-15-9-5-10-16-24)30(38)35-26(22-41-19-23-13-7-4-8-14-23)31(39)43-21-25-17-11-6-12-18-25/h4-18,26-28H,19-22H2,1-3H3,(H2,34,37)(H,35,38)(H,36,40)/t26-,27-,28-/m0/s1. The van der Waals surface area contributed by atoms with Gasteiger partial charge in [0, 0.05) is 0 Å². The van der Waals surface area contributed by atoms with Crippen LogP contribution in [-0.4, -0.2) is 54.3 Å². The van der Waals surface area contributed by atoms with Gasteiger partial charge in [0.2, 0.25) is 11.8 Å². The molecule has 0 saturated heterocycles. The van der Waals surface area contributed by atoms with E-state index in [0.717, 1.165) is 11.1 Å². The lowest BCUT2D eigenvalue weighted by Gasteiger charge is -2.28. The number of alkyl carbamates (subject to hydrolysis) is 1. The molecule has 0 unspecified atom stereocenters. The quantitative estimate of drug-likeness (QED) is 0.223. The van der Waals surface area contributed by atoms with E-state index in [9.17, 15) is 19.2 Å². The number of benzene rings is 3. The first-order valence-corrected chi connectivity index (χ1v) is 14.1. The number of amides is 3. The molecule has 0 aliphatic heterocycles. The van der Waals surface area contributed by atoms with Crippen LogP contribution in [0.4, 0.5) is 4.79 Å².